The zero-order valence-corrected chi connectivity index (χ0v) is 11.7. The number of benzene rings is 2. The first-order valence-electron chi connectivity index (χ1n) is 5.19. The van der Waals surface area contributed by atoms with Crippen LogP contribution in [-0.2, 0) is 20.4 Å². The van der Waals surface area contributed by atoms with E-state index in [1.54, 1.807) is 6.08 Å². The van der Waals surface area contributed by atoms with Crippen molar-refractivity contribution in [3.8, 4) is 0 Å². The van der Waals surface area contributed by atoms with Crippen molar-refractivity contribution >= 4 is 22.6 Å². The normalized spacial score (nSPS) is 13.2. The topological polar surface area (TPSA) is 37.3 Å². The maximum Gasteiger partial charge on any atom is 0.191 e. The molecule has 1 radical (unpaired) electrons. The Balaban J connectivity index is 0.00000108. The summed E-state index contributed by atoms with van der Waals surface area (Å²) in [6.45, 7) is -0.205. The van der Waals surface area contributed by atoms with Crippen LogP contribution in [0.3, 0.4) is 0 Å². The van der Waals surface area contributed by atoms with Crippen LogP contribution < -0.4 is 0 Å². The van der Waals surface area contributed by atoms with Gasteiger partial charge in [-0.05, 0) is 17.0 Å². The number of carbonyl (C=O) groups excluding carboxylic acids is 1. The maximum atomic E-state index is 12.0. The molecule has 0 saturated heterocycles. The van der Waals surface area contributed by atoms with Crippen molar-refractivity contribution in [1.29, 1.82) is 0 Å². The van der Waals surface area contributed by atoms with Crippen LogP contribution in [0.5, 0.6) is 0 Å². The Hall–Kier alpha value is -1.27. The third kappa shape index (κ3) is 1.77. The number of aliphatic hydroxyl groups excluding tert-OH is 1. The molecule has 0 heterocycles. The number of hydrogen-bond donors (Lipinski definition) is 1. The average molecular weight is 396 g/mol. The van der Waals surface area contributed by atoms with Crippen LogP contribution >= 0.6 is 0 Å². The predicted molar refractivity (Wildman–Crippen MR) is 63.3 cm³/mol. The Kier molecular flexibility index (Phi) is 3.26. The predicted octanol–water partition coefficient (Wildman–Crippen LogP) is 2.41. The summed E-state index contributed by atoms with van der Waals surface area (Å²) in [6.07, 6.45) is 1.78. The van der Waals surface area contributed by atoms with Crippen molar-refractivity contribution < 1.29 is 30.3 Å². The van der Waals surface area contributed by atoms with Crippen molar-refractivity contribution in [2.24, 2.45) is 0 Å². The fraction of sp³-hybridized carbons (Fsp3) is 0.0714. The second-order valence-corrected chi connectivity index (χ2v) is 3.91. The molecular formula is C14H10O2Re. The second-order valence-electron chi connectivity index (χ2n) is 3.91. The van der Waals surface area contributed by atoms with Gasteiger partial charge in [-0.25, -0.2) is 0 Å². The number of Topliss-reactive ketones (excluding diaryl/α,β-unsaturated/α-hetero) is 1. The van der Waals surface area contributed by atoms with Crippen molar-refractivity contribution in [2.45, 2.75) is 0 Å². The molecule has 0 amide bonds. The minimum Gasteiger partial charge on any atom is -0.392 e. The summed E-state index contributed by atoms with van der Waals surface area (Å²) < 4.78 is 0. The smallest absolute Gasteiger partial charge is 0.191 e. The monoisotopic (exact) mass is 397 g/mol. The van der Waals surface area contributed by atoms with E-state index in [1.807, 2.05) is 36.4 Å². The van der Waals surface area contributed by atoms with Crippen LogP contribution in [0.15, 0.2) is 42.0 Å². The molecular weight excluding hydrogens is 386 g/mol. The number of aliphatic hydroxyl groups is 1. The van der Waals surface area contributed by atoms with Gasteiger partial charge < -0.3 is 5.11 Å². The van der Waals surface area contributed by atoms with E-state index in [0.29, 0.717) is 11.1 Å². The molecule has 2 aromatic carbocycles. The molecule has 0 aliphatic heterocycles. The van der Waals surface area contributed by atoms with Gasteiger partial charge in [0.15, 0.2) is 5.78 Å². The van der Waals surface area contributed by atoms with Gasteiger partial charge in [0.1, 0.15) is 0 Å². The molecule has 2 aromatic rings. The maximum absolute atomic E-state index is 12.0. The molecule has 3 heteroatoms. The van der Waals surface area contributed by atoms with Gasteiger partial charge >= 0.3 is 0 Å². The molecule has 85 valence electrons. The van der Waals surface area contributed by atoms with E-state index in [4.69, 9.17) is 5.11 Å². The molecule has 2 nitrogen and oxygen atoms in total. The van der Waals surface area contributed by atoms with Crippen LogP contribution in [-0.4, -0.2) is 17.5 Å². The van der Waals surface area contributed by atoms with Gasteiger partial charge in [0.05, 0.1) is 6.61 Å². The third-order valence-corrected chi connectivity index (χ3v) is 2.97. The van der Waals surface area contributed by atoms with Crippen LogP contribution in [0.25, 0.3) is 16.8 Å². The Labute approximate surface area is 113 Å². The Morgan fingerprint density at radius 3 is 2.47 bits per heavy atom. The van der Waals surface area contributed by atoms with Gasteiger partial charge in [0, 0.05) is 36.9 Å². The SMILES string of the molecule is O=C1C(CO)=Cc2cccc3cccc1c23.[Re]. The molecule has 0 bridgehead atoms. The van der Waals surface area contributed by atoms with Crippen molar-refractivity contribution in [2.75, 3.05) is 6.61 Å². The molecule has 1 N–H and O–H groups in total. The van der Waals surface area contributed by atoms with Gasteiger partial charge in [-0.1, -0.05) is 36.4 Å². The first-order chi connectivity index (χ1) is 7.81. The first kappa shape index (κ1) is 12.2. The minimum atomic E-state index is -0.205. The summed E-state index contributed by atoms with van der Waals surface area (Å²) in [5.41, 5.74) is 2.17. The largest absolute Gasteiger partial charge is 0.392 e. The summed E-state index contributed by atoms with van der Waals surface area (Å²) in [7, 11) is 0. The van der Waals surface area contributed by atoms with E-state index in [0.717, 1.165) is 16.3 Å². The molecule has 0 spiro atoms. The third-order valence-electron chi connectivity index (χ3n) is 2.97. The second kappa shape index (κ2) is 4.54. The van der Waals surface area contributed by atoms with Crippen molar-refractivity contribution in [3.63, 3.8) is 0 Å². The number of rotatable bonds is 1. The van der Waals surface area contributed by atoms with E-state index in [-0.39, 0.29) is 32.8 Å². The molecule has 17 heavy (non-hydrogen) atoms. The van der Waals surface area contributed by atoms with Gasteiger partial charge in [0.2, 0.25) is 0 Å². The van der Waals surface area contributed by atoms with E-state index >= 15 is 0 Å². The summed E-state index contributed by atoms with van der Waals surface area (Å²) in [6, 6.07) is 11.6. The van der Waals surface area contributed by atoms with Gasteiger partial charge in [-0.2, -0.15) is 0 Å². The first-order valence-corrected chi connectivity index (χ1v) is 5.19. The van der Waals surface area contributed by atoms with Gasteiger partial charge in [-0.15, -0.1) is 0 Å². The minimum absolute atomic E-state index is 0. The van der Waals surface area contributed by atoms with E-state index in [9.17, 15) is 4.79 Å². The molecule has 1 aliphatic carbocycles. The average Bonchev–Trinajstić information content (AvgIpc) is 2.33. The summed E-state index contributed by atoms with van der Waals surface area (Å²) in [5.74, 6) is -0.0631. The molecule has 0 fully saturated rings. The van der Waals surface area contributed by atoms with Crippen LogP contribution in [0.1, 0.15) is 15.9 Å². The quantitative estimate of drug-likeness (QED) is 0.804. The molecule has 0 unspecified atom stereocenters. The Morgan fingerprint density at radius 1 is 1.06 bits per heavy atom. The number of carbonyl (C=O) groups is 1. The molecule has 0 aromatic heterocycles. The van der Waals surface area contributed by atoms with E-state index in [2.05, 4.69) is 0 Å². The number of ketones is 1. The summed E-state index contributed by atoms with van der Waals surface area (Å²) in [5, 5.41) is 11.2. The van der Waals surface area contributed by atoms with Crippen LogP contribution in [0.2, 0.25) is 0 Å². The standard InChI is InChI=1S/C14H10O2.Re/c15-8-11-7-10-5-1-3-9-4-2-6-12(13(9)10)14(11)16;/h1-7,15H,8H2;. The summed E-state index contributed by atoms with van der Waals surface area (Å²) in [4.78, 5) is 12.0. The van der Waals surface area contributed by atoms with E-state index < -0.39 is 0 Å². The van der Waals surface area contributed by atoms with Crippen LogP contribution in [0.4, 0.5) is 0 Å². The van der Waals surface area contributed by atoms with Crippen LogP contribution in [0, 0.1) is 0 Å². The fourth-order valence-electron chi connectivity index (χ4n) is 2.22. The summed E-state index contributed by atoms with van der Waals surface area (Å²) >= 11 is 0. The fourth-order valence-corrected chi connectivity index (χ4v) is 2.22. The zero-order valence-electron chi connectivity index (χ0n) is 8.98. The van der Waals surface area contributed by atoms with Crippen molar-refractivity contribution in [1.82, 2.24) is 0 Å². The van der Waals surface area contributed by atoms with Gasteiger partial charge in [0.25, 0.3) is 0 Å². The number of hydrogen-bond acceptors (Lipinski definition) is 2. The Bertz CT molecular complexity index is 624. The van der Waals surface area contributed by atoms with Gasteiger partial charge in [-0.3, -0.25) is 4.79 Å². The molecule has 0 atom stereocenters. The van der Waals surface area contributed by atoms with Crippen molar-refractivity contribution in [3.05, 3.63) is 53.1 Å². The molecule has 0 saturated carbocycles. The Morgan fingerprint density at radius 2 is 1.76 bits per heavy atom. The molecule has 1 aliphatic rings. The molecule has 3 rings (SSSR count). The van der Waals surface area contributed by atoms with E-state index in [1.165, 1.54) is 0 Å². The zero-order chi connectivity index (χ0) is 11.1.